The van der Waals surface area contributed by atoms with Gasteiger partial charge in [0.2, 0.25) is 0 Å². The van der Waals surface area contributed by atoms with Crippen LogP contribution in [0.1, 0.15) is 21.3 Å². The third-order valence-corrected chi connectivity index (χ3v) is 5.99. The fraction of sp³-hybridized carbons (Fsp3) is 0.316. The zero-order chi connectivity index (χ0) is 18.5. The minimum absolute atomic E-state index is 0.712. The molecule has 136 valence electrons. The van der Waals surface area contributed by atoms with E-state index in [1.807, 2.05) is 32.2 Å². The van der Waals surface area contributed by atoms with Crippen LogP contribution in [0.4, 0.5) is 0 Å². The summed E-state index contributed by atoms with van der Waals surface area (Å²) in [6.45, 7) is 5.53. The lowest BCUT2D eigenvalue weighted by Crippen LogP contribution is -2.38. The van der Waals surface area contributed by atoms with Crippen LogP contribution >= 0.6 is 22.7 Å². The predicted octanol–water partition coefficient (Wildman–Crippen LogP) is 4.09. The molecule has 1 aromatic carbocycles. The Morgan fingerprint density at radius 3 is 2.62 bits per heavy atom. The van der Waals surface area contributed by atoms with Gasteiger partial charge >= 0.3 is 0 Å². The number of hydrogen-bond acceptors (Lipinski definition) is 5. The minimum Gasteiger partial charge on any atom is -0.351 e. The fourth-order valence-electron chi connectivity index (χ4n) is 2.64. The first-order valence-electron chi connectivity index (χ1n) is 8.41. The molecule has 0 saturated carbocycles. The van der Waals surface area contributed by atoms with Crippen molar-refractivity contribution in [3.05, 3.63) is 57.0 Å². The summed E-state index contributed by atoms with van der Waals surface area (Å²) in [6, 6.07) is 10.3. The van der Waals surface area contributed by atoms with Crippen LogP contribution < -0.4 is 5.32 Å². The Hall–Kier alpha value is -2.25. The molecule has 7 heteroatoms. The van der Waals surface area contributed by atoms with E-state index in [4.69, 9.17) is 4.98 Å². The number of hydrogen-bond donors (Lipinski definition) is 1. The zero-order valence-corrected chi connectivity index (χ0v) is 17.1. The van der Waals surface area contributed by atoms with Gasteiger partial charge in [-0.25, -0.2) is 9.97 Å². The first-order chi connectivity index (χ1) is 12.6. The van der Waals surface area contributed by atoms with Gasteiger partial charge in [0.1, 0.15) is 5.01 Å². The Balaban J connectivity index is 1.64. The van der Waals surface area contributed by atoms with Gasteiger partial charge in [-0.1, -0.05) is 30.3 Å². The molecule has 2 heterocycles. The summed E-state index contributed by atoms with van der Waals surface area (Å²) >= 11 is 3.40. The number of rotatable bonds is 5. The molecule has 0 aliphatic carbocycles. The molecule has 0 radical (unpaired) electrons. The van der Waals surface area contributed by atoms with Crippen molar-refractivity contribution in [1.29, 1.82) is 0 Å². The second-order valence-electron chi connectivity index (χ2n) is 6.01. The van der Waals surface area contributed by atoms with Crippen molar-refractivity contribution >= 4 is 28.6 Å². The quantitative estimate of drug-likeness (QED) is 0.531. The molecule has 0 aliphatic rings. The number of nitrogens with zero attached hydrogens (tertiary/aromatic N) is 4. The van der Waals surface area contributed by atoms with Crippen LogP contribution in [0.3, 0.4) is 0 Å². The second kappa shape index (κ2) is 8.42. The molecule has 0 saturated heterocycles. The molecule has 3 rings (SSSR count). The van der Waals surface area contributed by atoms with Crippen molar-refractivity contribution in [2.24, 2.45) is 4.99 Å². The molecule has 0 fully saturated rings. The molecule has 26 heavy (non-hydrogen) atoms. The Kier molecular flexibility index (Phi) is 6.00. The van der Waals surface area contributed by atoms with Crippen molar-refractivity contribution in [2.75, 3.05) is 14.1 Å². The Bertz CT molecular complexity index is 882. The maximum Gasteiger partial charge on any atom is 0.194 e. The lowest BCUT2D eigenvalue weighted by Gasteiger charge is -2.21. The van der Waals surface area contributed by atoms with Crippen molar-refractivity contribution in [2.45, 2.75) is 26.9 Å². The van der Waals surface area contributed by atoms with Crippen LogP contribution in [0.5, 0.6) is 0 Å². The zero-order valence-electron chi connectivity index (χ0n) is 15.5. The molecule has 3 aromatic rings. The molecule has 1 N–H and O–H groups in total. The summed E-state index contributed by atoms with van der Waals surface area (Å²) < 4.78 is 0. The van der Waals surface area contributed by atoms with Crippen LogP contribution in [-0.4, -0.2) is 34.9 Å². The first-order valence-corrected chi connectivity index (χ1v) is 10.1. The highest BCUT2D eigenvalue weighted by Crippen LogP contribution is 2.27. The third-order valence-electron chi connectivity index (χ3n) is 3.96. The largest absolute Gasteiger partial charge is 0.351 e. The van der Waals surface area contributed by atoms with E-state index in [9.17, 15) is 0 Å². The van der Waals surface area contributed by atoms with Gasteiger partial charge in [-0.05, 0) is 13.8 Å². The van der Waals surface area contributed by atoms with E-state index in [0.29, 0.717) is 6.54 Å². The van der Waals surface area contributed by atoms with Gasteiger partial charge in [-0.3, -0.25) is 4.99 Å². The molecule has 5 nitrogen and oxygen atoms in total. The van der Waals surface area contributed by atoms with E-state index in [0.717, 1.165) is 39.5 Å². The van der Waals surface area contributed by atoms with E-state index >= 15 is 0 Å². The summed E-state index contributed by atoms with van der Waals surface area (Å²) in [7, 11) is 3.83. The van der Waals surface area contributed by atoms with E-state index in [-0.39, 0.29) is 0 Å². The topological polar surface area (TPSA) is 53.4 Å². The molecule has 0 amide bonds. The van der Waals surface area contributed by atoms with E-state index < -0.39 is 0 Å². The maximum absolute atomic E-state index is 4.72. The van der Waals surface area contributed by atoms with Crippen LogP contribution in [0.2, 0.25) is 0 Å². The van der Waals surface area contributed by atoms with Gasteiger partial charge in [-0.15, -0.1) is 22.7 Å². The molecule has 0 spiro atoms. The Morgan fingerprint density at radius 2 is 1.96 bits per heavy atom. The van der Waals surface area contributed by atoms with Gasteiger partial charge in [0.05, 0.1) is 29.5 Å². The van der Waals surface area contributed by atoms with E-state index in [2.05, 4.69) is 44.6 Å². The highest BCUT2D eigenvalue weighted by Gasteiger charge is 2.12. The number of aromatic nitrogens is 2. The monoisotopic (exact) mass is 385 g/mol. The average molecular weight is 386 g/mol. The molecular weight excluding hydrogens is 362 g/mol. The smallest absolute Gasteiger partial charge is 0.194 e. The van der Waals surface area contributed by atoms with Gasteiger partial charge in [0.15, 0.2) is 5.96 Å². The van der Waals surface area contributed by atoms with Crippen molar-refractivity contribution < 1.29 is 0 Å². The van der Waals surface area contributed by atoms with Crippen LogP contribution in [-0.2, 0) is 13.1 Å². The Labute approximate surface area is 162 Å². The summed E-state index contributed by atoms with van der Waals surface area (Å²) in [5.41, 5.74) is 3.29. The summed E-state index contributed by atoms with van der Waals surface area (Å²) in [5, 5.41) is 7.68. The normalized spacial score (nSPS) is 11.6. The van der Waals surface area contributed by atoms with Crippen molar-refractivity contribution in [3.8, 4) is 10.6 Å². The molecule has 0 aliphatic heterocycles. The maximum atomic E-state index is 4.72. The van der Waals surface area contributed by atoms with Crippen LogP contribution in [0.15, 0.2) is 40.7 Å². The van der Waals surface area contributed by atoms with Crippen molar-refractivity contribution in [1.82, 2.24) is 20.2 Å². The number of aryl methyl sites for hydroxylation is 2. The SMILES string of the molecule is CN=C(NCc1sc(-c2ccccc2)nc1C)N(C)Cc1csc(C)n1. The molecule has 0 bridgehead atoms. The Morgan fingerprint density at radius 1 is 1.19 bits per heavy atom. The van der Waals surface area contributed by atoms with Gasteiger partial charge < -0.3 is 10.2 Å². The highest BCUT2D eigenvalue weighted by atomic mass is 32.1. The lowest BCUT2D eigenvalue weighted by molar-refractivity contribution is 0.471. The predicted molar refractivity (Wildman–Crippen MR) is 111 cm³/mol. The van der Waals surface area contributed by atoms with Gasteiger partial charge in [-0.2, -0.15) is 0 Å². The lowest BCUT2D eigenvalue weighted by atomic mass is 10.2. The summed E-state index contributed by atoms with van der Waals surface area (Å²) in [6.07, 6.45) is 0. The number of thiazole rings is 2. The number of aliphatic imine (C=N–C) groups is 1. The molecule has 2 aromatic heterocycles. The molecule has 0 atom stereocenters. The molecular formula is C19H23N5S2. The van der Waals surface area contributed by atoms with Crippen LogP contribution in [0, 0.1) is 13.8 Å². The second-order valence-corrected chi connectivity index (χ2v) is 8.15. The fourth-order valence-corrected chi connectivity index (χ4v) is 4.25. The highest BCUT2D eigenvalue weighted by molar-refractivity contribution is 7.15. The number of guanidine groups is 1. The standard InChI is InChI=1S/C19H23N5S2/c1-13-17(26-18(22-13)15-8-6-5-7-9-15)10-21-19(20-3)24(4)11-16-12-25-14(2)23-16/h5-9,12H,10-11H2,1-4H3,(H,20,21). The summed E-state index contributed by atoms with van der Waals surface area (Å²) in [4.78, 5) is 16.9. The van der Waals surface area contributed by atoms with Crippen LogP contribution in [0.25, 0.3) is 10.6 Å². The number of benzene rings is 1. The van der Waals surface area contributed by atoms with E-state index in [1.165, 1.54) is 4.88 Å². The first kappa shape index (κ1) is 18.5. The van der Waals surface area contributed by atoms with Gasteiger partial charge in [0, 0.05) is 29.9 Å². The third kappa shape index (κ3) is 4.47. The minimum atomic E-state index is 0.712. The van der Waals surface area contributed by atoms with Crippen molar-refractivity contribution in [3.63, 3.8) is 0 Å². The van der Waals surface area contributed by atoms with E-state index in [1.54, 1.807) is 29.7 Å². The van der Waals surface area contributed by atoms with Gasteiger partial charge in [0.25, 0.3) is 0 Å². The summed E-state index contributed by atoms with van der Waals surface area (Å²) in [5.74, 6) is 0.852. The average Bonchev–Trinajstić information content (AvgIpc) is 3.22. The molecule has 0 unspecified atom stereocenters. The number of nitrogens with one attached hydrogen (secondary N) is 1.